The van der Waals surface area contributed by atoms with E-state index in [4.69, 9.17) is 9.84 Å². The monoisotopic (exact) mass is 251 g/mol. The number of nitrogens with zero attached hydrogens (tertiary/aromatic N) is 3. The van der Waals surface area contributed by atoms with Crippen molar-refractivity contribution in [3.8, 4) is 5.88 Å². The highest BCUT2D eigenvalue weighted by atomic mass is 16.5. The van der Waals surface area contributed by atoms with Crippen LogP contribution < -0.4 is 9.64 Å². The minimum atomic E-state index is -0.746. The molecule has 1 N–H and O–H groups in total. The number of aromatic nitrogens is 2. The van der Waals surface area contributed by atoms with E-state index in [-0.39, 0.29) is 11.8 Å². The van der Waals surface area contributed by atoms with Gasteiger partial charge in [0.05, 0.1) is 12.5 Å². The molecule has 6 nitrogen and oxygen atoms in total. The number of hydrogen-bond donors (Lipinski definition) is 1. The first kappa shape index (κ1) is 12.6. The summed E-state index contributed by atoms with van der Waals surface area (Å²) in [6.07, 6.45) is 1.44. The molecule has 2 atom stereocenters. The van der Waals surface area contributed by atoms with Gasteiger partial charge in [-0.2, -0.15) is 0 Å². The molecule has 0 unspecified atom stereocenters. The van der Waals surface area contributed by atoms with E-state index in [2.05, 4.69) is 9.97 Å². The summed E-state index contributed by atoms with van der Waals surface area (Å²) in [6.45, 7) is 5.56. The van der Waals surface area contributed by atoms with Crippen LogP contribution in [0.1, 0.15) is 13.8 Å². The van der Waals surface area contributed by atoms with Gasteiger partial charge in [0.15, 0.2) is 0 Å². The Kier molecular flexibility index (Phi) is 3.64. The minimum absolute atomic E-state index is 0.119. The average Bonchev–Trinajstić information content (AvgIpc) is 2.72. The van der Waals surface area contributed by atoms with Gasteiger partial charge in [0.1, 0.15) is 12.1 Å². The summed E-state index contributed by atoms with van der Waals surface area (Å²) in [7, 11) is 0. The van der Waals surface area contributed by atoms with Gasteiger partial charge in [-0.3, -0.25) is 4.79 Å². The summed E-state index contributed by atoms with van der Waals surface area (Å²) >= 11 is 0. The number of aliphatic carboxylic acids is 1. The molecule has 98 valence electrons. The van der Waals surface area contributed by atoms with E-state index < -0.39 is 5.97 Å². The van der Waals surface area contributed by atoms with Crippen LogP contribution in [0.4, 0.5) is 5.82 Å². The molecule has 1 fully saturated rings. The van der Waals surface area contributed by atoms with Crippen LogP contribution in [-0.2, 0) is 4.79 Å². The van der Waals surface area contributed by atoms with E-state index >= 15 is 0 Å². The summed E-state index contributed by atoms with van der Waals surface area (Å²) < 4.78 is 5.31. The van der Waals surface area contributed by atoms with Gasteiger partial charge in [0.2, 0.25) is 5.88 Å². The fourth-order valence-electron chi connectivity index (χ4n) is 2.20. The van der Waals surface area contributed by atoms with Crippen molar-refractivity contribution in [2.45, 2.75) is 13.8 Å². The van der Waals surface area contributed by atoms with E-state index in [9.17, 15) is 4.79 Å². The Balaban J connectivity index is 2.13. The van der Waals surface area contributed by atoms with E-state index in [0.717, 1.165) is 5.82 Å². The number of carbonyl (C=O) groups is 1. The Morgan fingerprint density at radius 1 is 1.56 bits per heavy atom. The van der Waals surface area contributed by atoms with Crippen LogP contribution in [0.2, 0.25) is 0 Å². The van der Waals surface area contributed by atoms with Gasteiger partial charge in [-0.05, 0) is 12.8 Å². The summed E-state index contributed by atoms with van der Waals surface area (Å²) in [5.74, 6) is 0.283. The SMILES string of the molecule is CCOc1cc(N2C[C@@H](C)[C@H](C(=O)O)C2)ncn1. The number of rotatable bonds is 4. The zero-order valence-electron chi connectivity index (χ0n) is 10.5. The number of carboxylic acids is 1. The largest absolute Gasteiger partial charge is 0.481 e. The van der Waals surface area contributed by atoms with Crippen molar-refractivity contribution in [1.82, 2.24) is 9.97 Å². The van der Waals surface area contributed by atoms with Crippen molar-refractivity contribution < 1.29 is 14.6 Å². The number of carboxylic acid groups (broad SMARTS) is 1. The Hall–Kier alpha value is -1.85. The van der Waals surface area contributed by atoms with Crippen molar-refractivity contribution in [2.24, 2.45) is 11.8 Å². The predicted molar refractivity (Wildman–Crippen MR) is 65.7 cm³/mol. The zero-order chi connectivity index (χ0) is 13.1. The van der Waals surface area contributed by atoms with Gasteiger partial charge in [-0.25, -0.2) is 9.97 Å². The highest BCUT2D eigenvalue weighted by Crippen LogP contribution is 2.28. The van der Waals surface area contributed by atoms with Crippen LogP contribution in [0.3, 0.4) is 0 Å². The van der Waals surface area contributed by atoms with Gasteiger partial charge in [-0.15, -0.1) is 0 Å². The third kappa shape index (κ3) is 2.52. The molecule has 0 aromatic carbocycles. The molecule has 2 rings (SSSR count). The molecule has 0 bridgehead atoms. The third-order valence-electron chi connectivity index (χ3n) is 3.17. The Morgan fingerprint density at radius 3 is 2.94 bits per heavy atom. The first-order valence-corrected chi connectivity index (χ1v) is 6.04. The van der Waals surface area contributed by atoms with E-state index in [1.165, 1.54) is 6.33 Å². The molecular formula is C12H17N3O3. The first-order valence-electron chi connectivity index (χ1n) is 6.04. The molecule has 1 aromatic rings. The van der Waals surface area contributed by atoms with E-state index in [1.54, 1.807) is 6.07 Å². The maximum absolute atomic E-state index is 11.1. The predicted octanol–water partition coefficient (Wildman–Crippen LogP) is 1.03. The van der Waals surface area contributed by atoms with Crippen LogP contribution in [0.5, 0.6) is 5.88 Å². The second kappa shape index (κ2) is 5.20. The minimum Gasteiger partial charge on any atom is -0.481 e. The standard InChI is InChI=1S/C12H17N3O3/c1-3-18-11-4-10(13-7-14-11)15-5-8(2)9(6-15)12(16)17/h4,7-9H,3,5-6H2,1-2H3,(H,16,17)/t8-,9-/m1/s1. The van der Waals surface area contributed by atoms with E-state index in [1.807, 2.05) is 18.7 Å². The molecule has 1 aliphatic heterocycles. The number of hydrogen-bond acceptors (Lipinski definition) is 5. The third-order valence-corrected chi connectivity index (χ3v) is 3.17. The lowest BCUT2D eigenvalue weighted by atomic mass is 9.99. The number of ether oxygens (including phenoxy) is 1. The highest BCUT2D eigenvalue weighted by Gasteiger charge is 2.35. The smallest absolute Gasteiger partial charge is 0.308 e. The molecule has 1 aliphatic rings. The fourth-order valence-corrected chi connectivity index (χ4v) is 2.20. The summed E-state index contributed by atoms with van der Waals surface area (Å²) in [5.41, 5.74) is 0. The maximum Gasteiger partial charge on any atom is 0.308 e. The fraction of sp³-hybridized carbons (Fsp3) is 0.583. The van der Waals surface area contributed by atoms with E-state index in [0.29, 0.717) is 25.6 Å². The lowest BCUT2D eigenvalue weighted by Gasteiger charge is -2.17. The van der Waals surface area contributed by atoms with Gasteiger partial charge in [-0.1, -0.05) is 6.92 Å². The molecule has 1 aromatic heterocycles. The quantitative estimate of drug-likeness (QED) is 0.861. The van der Waals surface area contributed by atoms with Crippen LogP contribution in [0.25, 0.3) is 0 Å². The summed E-state index contributed by atoms with van der Waals surface area (Å²) in [4.78, 5) is 21.2. The second-order valence-electron chi connectivity index (χ2n) is 4.47. The van der Waals surface area contributed by atoms with Crippen LogP contribution in [-0.4, -0.2) is 40.7 Å². The van der Waals surface area contributed by atoms with Gasteiger partial charge < -0.3 is 14.7 Å². The lowest BCUT2D eigenvalue weighted by molar-refractivity contribution is -0.142. The Bertz CT molecular complexity index is 438. The molecule has 18 heavy (non-hydrogen) atoms. The molecule has 0 radical (unpaired) electrons. The van der Waals surface area contributed by atoms with Crippen molar-refractivity contribution >= 4 is 11.8 Å². The second-order valence-corrected chi connectivity index (χ2v) is 4.47. The van der Waals surface area contributed by atoms with Crippen LogP contribution in [0, 0.1) is 11.8 Å². The van der Waals surface area contributed by atoms with Crippen molar-refractivity contribution in [3.05, 3.63) is 12.4 Å². The Morgan fingerprint density at radius 2 is 2.33 bits per heavy atom. The van der Waals surface area contributed by atoms with Crippen molar-refractivity contribution in [1.29, 1.82) is 0 Å². The zero-order valence-corrected chi connectivity index (χ0v) is 10.5. The van der Waals surface area contributed by atoms with Crippen LogP contribution in [0.15, 0.2) is 12.4 Å². The normalized spacial score (nSPS) is 23.1. The molecule has 0 saturated carbocycles. The summed E-state index contributed by atoms with van der Waals surface area (Å²) in [6, 6.07) is 1.75. The lowest BCUT2D eigenvalue weighted by Crippen LogP contribution is -2.23. The molecule has 2 heterocycles. The van der Waals surface area contributed by atoms with Gasteiger partial charge >= 0.3 is 5.97 Å². The molecule has 1 saturated heterocycles. The van der Waals surface area contributed by atoms with Gasteiger partial charge in [0.25, 0.3) is 0 Å². The molecule has 6 heteroatoms. The first-order chi connectivity index (χ1) is 8.61. The highest BCUT2D eigenvalue weighted by molar-refractivity contribution is 5.72. The number of anilines is 1. The summed E-state index contributed by atoms with van der Waals surface area (Å²) in [5, 5.41) is 9.10. The molecule has 0 amide bonds. The maximum atomic E-state index is 11.1. The molecule has 0 aliphatic carbocycles. The molecular weight excluding hydrogens is 234 g/mol. The average molecular weight is 251 g/mol. The topological polar surface area (TPSA) is 75.5 Å². The van der Waals surface area contributed by atoms with Crippen LogP contribution >= 0.6 is 0 Å². The van der Waals surface area contributed by atoms with Crippen molar-refractivity contribution in [3.63, 3.8) is 0 Å². The van der Waals surface area contributed by atoms with Gasteiger partial charge in [0, 0.05) is 19.2 Å². The Labute approximate surface area is 106 Å². The van der Waals surface area contributed by atoms with Crippen molar-refractivity contribution in [2.75, 3.05) is 24.6 Å². The molecule has 0 spiro atoms.